The van der Waals surface area contributed by atoms with Crippen molar-refractivity contribution in [2.45, 2.75) is 63.5 Å². The van der Waals surface area contributed by atoms with Crippen molar-refractivity contribution >= 4 is 11.8 Å². The van der Waals surface area contributed by atoms with Crippen LogP contribution in [0.2, 0.25) is 0 Å². The van der Waals surface area contributed by atoms with Gasteiger partial charge < -0.3 is 11.1 Å². The molecule has 0 aromatic rings. The highest BCUT2D eigenvalue weighted by Crippen LogP contribution is 2.28. The zero-order valence-electron chi connectivity index (χ0n) is 13.3. The largest absolute Gasteiger partial charge is 0.369 e. The van der Waals surface area contributed by atoms with Gasteiger partial charge in [-0.05, 0) is 39.2 Å². The lowest BCUT2D eigenvalue weighted by atomic mass is 9.82. The number of nitrogens with zero attached hydrogens (tertiary/aromatic N) is 2. The fourth-order valence-corrected chi connectivity index (χ4v) is 3.52. The van der Waals surface area contributed by atoms with Gasteiger partial charge in [-0.15, -0.1) is 0 Å². The van der Waals surface area contributed by atoms with Gasteiger partial charge in [0.25, 0.3) is 0 Å². The molecule has 2 rings (SSSR count). The number of amides is 2. The summed E-state index contributed by atoms with van der Waals surface area (Å²) in [5, 5.41) is 12.4. The number of piperidine rings is 1. The molecule has 1 heterocycles. The summed E-state index contributed by atoms with van der Waals surface area (Å²) in [6.45, 7) is 3.16. The van der Waals surface area contributed by atoms with Gasteiger partial charge in [-0.3, -0.25) is 14.5 Å². The minimum atomic E-state index is -0.706. The molecule has 3 N–H and O–H groups in total. The lowest BCUT2D eigenvalue weighted by molar-refractivity contribution is -0.131. The van der Waals surface area contributed by atoms with Gasteiger partial charge in [0, 0.05) is 6.54 Å². The third kappa shape index (κ3) is 3.77. The van der Waals surface area contributed by atoms with Crippen molar-refractivity contribution in [3.63, 3.8) is 0 Å². The van der Waals surface area contributed by atoms with Gasteiger partial charge in [-0.25, -0.2) is 0 Å². The number of hydrogen-bond donors (Lipinski definition) is 2. The first-order valence-electron chi connectivity index (χ1n) is 8.24. The summed E-state index contributed by atoms with van der Waals surface area (Å²) in [4.78, 5) is 25.9. The minimum Gasteiger partial charge on any atom is -0.369 e. The molecule has 1 saturated heterocycles. The van der Waals surface area contributed by atoms with Crippen molar-refractivity contribution in [3.05, 3.63) is 0 Å². The Morgan fingerprint density at radius 2 is 2.00 bits per heavy atom. The molecule has 1 aliphatic carbocycles. The molecule has 6 heteroatoms. The van der Waals surface area contributed by atoms with Crippen molar-refractivity contribution in [1.29, 1.82) is 5.26 Å². The van der Waals surface area contributed by atoms with E-state index in [2.05, 4.69) is 11.4 Å². The van der Waals surface area contributed by atoms with Crippen molar-refractivity contribution < 1.29 is 9.59 Å². The van der Waals surface area contributed by atoms with Gasteiger partial charge in [-0.1, -0.05) is 19.3 Å². The summed E-state index contributed by atoms with van der Waals surface area (Å²) in [7, 11) is 0. The number of nitrogens with two attached hydrogens (primary N) is 1. The Hall–Kier alpha value is -1.61. The van der Waals surface area contributed by atoms with Crippen LogP contribution in [0.25, 0.3) is 0 Å². The molecule has 2 atom stereocenters. The predicted octanol–water partition coefficient (Wildman–Crippen LogP) is 0.915. The second-order valence-electron chi connectivity index (χ2n) is 6.66. The number of carbonyl (C=O) groups is 2. The second kappa shape index (κ2) is 7.10. The quantitative estimate of drug-likeness (QED) is 0.806. The summed E-state index contributed by atoms with van der Waals surface area (Å²) >= 11 is 0. The maximum Gasteiger partial charge on any atom is 0.238 e. The van der Waals surface area contributed by atoms with Crippen molar-refractivity contribution in [2.75, 3.05) is 13.1 Å². The lowest BCUT2D eigenvalue weighted by Crippen LogP contribution is -2.56. The van der Waals surface area contributed by atoms with E-state index in [0.717, 1.165) is 51.5 Å². The number of carbonyl (C=O) groups excluding carboxylic acids is 2. The van der Waals surface area contributed by atoms with Crippen LogP contribution in [0, 0.1) is 17.2 Å². The van der Waals surface area contributed by atoms with Crippen LogP contribution in [-0.2, 0) is 9.59 Å². The van der Waals surface area contributed by atoms with Crippen molar-refractivity contribution in [1.82, 2.24) is 10.2 Å². The molecule has 6 nitrogen and oxygen atoms in total. The molecule has 2 aliphatic rings. The van der Waals surface area contributed by atoms with E-state index in [1.54, 1.807) is 0 Å². The van der Waals surface area contributed by atoms with Gasteiger partial charge in [0.05, 0.1) is 18.0 Å². The summed E-state index contributed by atoms with van der Waals surface area (Å²) in [6.07, 6.45) is 6.21. The summed E-state index contributed by atoms with van der Waals surface area (Å²) in [5.74, 6) is -0.588. The summed E-state index contributed by atoms with van der Waals surface area (Å²) in [5.41, 5.74) is 4.68. The second-order valence-corrected chi connectivity index (χ2v) is 6.66. The minimum absolute atomic E-state index is 0.117. The molecule has 2 fully saturated rings. The van der Waals surface area contributed by atoms with Crippen LogP contribution >= 0.6 is 0 Å². The molecule has 0 aromatic heterocycles. The Labute approximate surface area is 132 Å². The summed E-state index contributed by atoms with van der Waals surface area (Å²) < 4.78 is 0. The van der Waals surface area contributed by atoms with Crippen LogP contribution in [0.1, 0.15) is 51.9 Å². The molecular formula is C16H26N4O2. The smallest absolute Gasteiger partial charge is 0.238 e. The lowest BCUT2D eigenvalue weighted by Gasteiger charge is -2.37. The van der Waals surface area contributed by atoms with E-state index in [1.807, 2.05) is 11.8 Å². The SMILES string of the molecule is C[C@@H](C(=O)NC1(C#N)CCCCC1)N1CCC[C@H](C(N)=O)C1. The first-order valence-corrected chi connectivity index (χ1v) is 8.24. The van der Waals surface area contributed by atoms with Crippen LogP contribution in [-0.4, -0.2) is 41.4 Å². The van der Waals surface area contributed by atoms with E-state index in [9.17, 15) is 14.9 Å². The maximum atomic E-state index is 12.5. The van der Waals surface area contributed by atoms with Crippen LogP contribution in [0.15, 0.2) is 0 Å². The first-order chi connectivity index (χ1) is 10.5. The number of hydrogen-bond acceptors (Lipinski definition) is 4. The highest BCUT2D eigenvalue weighted by molar-refractivity contribution is 5.83. The predicted molar refractivity (Wildman–Crippen MR) is 82.5 cm³/mol. The fourth-order valence-electron chi connectivity index (χ4n) is 3.52. The first kappa shape index (κ1) is 16.8. The monoisotopic (exact) mass is 306 g/mol. The van der Waals surface area contributed by atoms with Gasteiger partial charge in [0.15, 0.2) is 0 Å². The molecule has 1 aliphatic heterocycles. The number of rotatable bonds is 4. The van der Waals surface area contributed by atoms with Crippen molar-refractivity contribution in [2.24, 2.45) is 11.7 Å². The van der Waals surface area contributed by atoms with E-state index in [1.165, 1.54) is 0 Å². The Bertz CT molecular complexity index is 465. The number of primary amides is 1. The molecule has 122 valence electrons. The number of likely N-dealkylation sites (tertiary alicyclic amines) is 1. The average Bonchev–Trinajstić information content (AvgIpc) is 2.55. The van der Waals surface area contributed by atoms with Gasteiger partial charge in [0.2, 0.25) is 11.8 Å². The van der Waals surface area contributed by atoms with E-state index in [4.69, 9.17) is 5.73 Å². The zero-order chi connectivity index (χ0) is 16.2. The van der Waals surface area contributed by atoms with E-state index in [0.29, 0.717) is 6.54 Å². The molecular weight excluding hydrogens is 280 g/mol. The normalized spacial score (nSPS) is 26.6. The Morgan fingerprint density at radius 1 is 1.32 bits per heavy atom. The Kier molecular flexibility index (Phi) is 5.41. The third-order valence-corrected chi connectivity index (χ3v) is 5.07. The highest BCUT2D eigenvalue weighted by Gasteiger charge is 2.37. The van der Waals surface area contributed by atoms with Crippen LogP contribution in [0.4, 0.5) is 0 Å². The van der Waals surface area contributed by atoms with Gasteiger partial charge >= 0.3 is 0 Å². The molecule has 22 heavy (non-hydrogen) atoms. The fraction of sp³-hybridized carbons (Fsp3) is 0.812. The molecule has 0 aromatic carbocycles. The van der Waals surface area contributed by atoms with E-state index in [-0.39, 0.29) is 23.8 Å². The molecule has 1 saturated carbocycles. The van der Waals surface area contributed by atoms with Crippen LogP contribution in [0.3, 0.4) is 0 Å². The average molecular weight is 306 g/mol. The summed E-state index contributed by atoms with van der Waals surface area (Å²) in [6, 6.07) is 1.97. The number of nitrogens with one attached hydrogen (secondary N) is 1. The third-order valence-electron chi connectivity index (χ3n) is 5.07. The molecule has 2 amide bonds. The highest BCUT2D eigenvalue weighted by atomic mass is 16.2. The Morgan fingerprint density at radius 3 is 2.59 bits per heavy atom. The molecule has 0 unspecified atom stereocenters. The maximum absolute atomic E-state index is 12.5. The van der Waals surface area contributed by atoms with Crippen LogP contribution < -0.4 is 11.1 Å². The van der Waals surface area contributed by atoms with Gasteiger partial charge in [-0.2, -0.15) is 5.26 Å². The van der Waals surface area contributed by atoms with E-state index < -0.39 is 5.54 Å². The Balaban J connectivity index is 1.96. The molecule has 0 spiro atoms. The van der Waals surface area contributed by atoms with Crippen LogP contribution in [0.5, 0.6) is 0 Å². The topological polar surface area (TPSA) is 99.2 Å². The standard InChI is InChI=1S/C16H26N4O2/c1-12(20-9-5-6-13(10-20)14(18)21)15(22)19-16(11-17)7-3-2-4-8-16/h12-13H,2-10H2,1H3,(H2,18,21)(H,19,22)/t12-,13-/m0/s1. The molecule has 0 bridgehead atoms. The van der Waals surface area contributed by atoms with E-state index >= 15 is 0 Å². The molecule has 0 radical (unpaired) electrons. The zero-order valence-corrected chi connectivity index (χ0v) is 13.3. The van der Waals surface area contributed by atoms with Gasteiger partial charge in [0.1, 0.15) is 5.54 Å². The number of nitriles is 1. The van der Waals surface area contributed by atoms with Crippen molar-refractivity contribution in [3.8, 4) is 6.07 Å².